The third-order valence-corrected chi connectivity index (χ3v) is 2.78. The molecule has 0 aliphatic rings. The van der Waals surface area contributed by atoms with Crippen molar-refractivity contribution in [3.63, 3.8) is 0 Å². The van der Waals surface area contributed by atoms with Crippen LogP contribution in [0.4, 0.5) is 5.69 Å². The van der Waals surface area contributed by atoms with Crippen molar-refractivity contribution in [2.24, 2.45) is 0 Å². The fourth-order valence-corrected chi connectivity index (χ4v) is 1.59. The summed E-state index contributed by atoms with van der Waals surface area (Å²) in [5.74, 6) is 0.0302. The normalized spacial score (nSPS) is 11.1. The first-order valence-corrected chi connectivity index (χ1v) is 6.14. The van der Waals surface area contributed by atoms with E-state index in [2.05, 4.69) is 4.74 Å². The molecule has 0 fully saturated rings. The van der Waals surface area contributed by atoms with Crippen molar-refractivity contribution in [3.8, 4) is 5.75 Å². The number of hydrogen-bond acceptors (Lipinski definition) is 5. The molecule has 0 bridgehead atoms. The smallest absolute Gasteiger partial charge is 0.333 e. The molecular weight excluding hydrogens is 262 g/mol. The number of benzene rings is 1. The van der Waals surface area contributed by atoms with Gasteiger partial charge < -0.3 is 9.47 Å². The second-order valence-electron chi connectivity index (χ2n) is 4.09. The second-order valence-corrected chi connectivity index (χ2v) is 4.09. The van der Waals surface area contributed by atoms with Crippen LogP contribution in [0.3, 0.4) is 0 Å². The molecule has 0 spiro atoms. The summed E-state index contributed by atoms with van der Waals surface area (Å²) in [6.07, 6.45) is 2.15. The van der Waals surface area contributed by atoms with E-state index >= 15 is 0 Å². The summed E-state index contributed by atoms with van der Waals surface area (Å²) in [6.45, 7) is 3.78. The van der Waals surface area contributed by atoms with Gasteiger partial charge in [-0.15, -0.1) is 0 Å². The number of carbonyl (C=O) groups excluding carboxylic acids is 1. The Hall–Kier alpha value is -2.37. The van der Waals surface area contributed by atoms with Crippen molar-refractivity contribution in [3.05, 3.63) is 45.5 Å². The molecular formula is C14H17NO5. The van der Waals surface area contributed by atoms with E-state index in [0.29, 0.717) is 17.7 Å². The Morgan fingerprint density at radius 1 is 1.45 bits per heavy atom. The number of non-ortho nitro benzene ring substituents is 1. The maximum atomic E-state index is 11.4. The number of nitro benzene ring substituents is 1. The monoisotopic (exact) mass is 279 g/mol. The van der Waals surface area contributed by atoms with Crippen LogP contribution in [-0.4, -0.2) is 24.6 Å². The SMILES string of the molecule is CCC(=CCOc1cc([N+](=O)[O-])ccc1C)C(=O)OC. The molecule has 0 radical (unpaired) electrons. The zero-order chi connectivity index (χ0) is 15.1. The molecule has 1 aromatic carbocycles. The van der Waals surface area contributed by atoms with Gasteiger partial charge in [0.15, 0.2) is 0 Å². The van der Waals surface area contributed by atoms with E-state index in [1.807, 2.05) is 6.92 Å². The van der Waals surface area contributed by atoms with Crippen molar-refractivity contribution >= 4 is 11.7 Å². The number of esters is 1. The number of aryl methyl sites for hydroxylation is 1. The molecule has 6 nitrogen and oxygen atoms in total. The Balaban J connectivity index is 2.79. The number of ether oxygens (including phenoxy) is 2. The maximum absolute atomic E-state index is 11.4. The summed E-state index contributed by atoms with van der Waals surface area (Å²) in [4.78, 5) is 21.6. The Labute approximate surface area is 117 Å². The number of rotatable bonds is 6. The van der Waals surface area contributed by atoms with Crippen LogP contribution >= 0.6 is 0 Å². The van der Waals surface area contributed by atoms with Crippen molar-refractivity contribution in [1.82, 2.24) is 0 Å². The first-order chi connectivity index (χ1) is 9.49. The molecule has 108 valence electrons. The van der Waals surface area contributed by atoms with Gasteiger partial charge in [-0.3, -0.25) is 10.1 Å². The van der Waals surface area contributed by atoms with E-state index in [9.17, 15) is 14.9 Å². The van der Waals surface area contributed by atoms with Gasteiger partial charge in [0.1, 0.15) is 12.4 Å². The molecule has 0 saturated carbocycles. The maximum Gasteiger partial charge on any atom is 0.333 e. The first-order valence-electron chi connectivity index (χ1n) is 6.14. The minimum absolute atomic E-state index is 0.0294. The Kier molecular flexibility index (Phi) is 5.71. The van der Waals surface area contributed by atoms with Crippen molar-refractivity contribution in [1.29, 1.82) is 0 Å². The van der Waals surface area contributed by atoms with E-state index in [-0.39, 0.29) is 12.3 Å². The quantitative estimate of drug-likeness (QED) is 0.346. The molecule has 1 rings (SSSR count). The van der Waals surface area contributed by atoms with Crippen LogP contribution in [0.5, 0.6) is 5.75 Å². The molecule has 0 aliphatic heterocycles. The summed E-state index contributed by atoms with van der Waals surface area (Å²) >= 11 is 0. The standard InChI is InChI=1S/C14H17NO5/c1-4-11(14(16)19-3)7-8-20-13-9-12(15(17)18)6-5-10(13)2/h5-7,9H,4,8H2,1-3H3. The lowest BCUT2D eigenvalue weighted by molar-refractivity contribution is -0.384. The minimum Gasteiger partial charge on any atom is -0.489 e. The summed E-state index contributed by atoms with van der Waals surface area (Å²) in [5, 5.41) is 10.7. The average Bonchev–Trinajstić information content (AvgIpc) is 2.44. The van der Waals surface area contributed by atoms with Gasteiger partial charge in [-0.25, -0.2) is 4.79 Å². The summed E-state index contributed by atoms with van der Waals surface area (Å²) in [7, 11) is 1.32. The number of nitrogens with zero attached hydrogens (tertiary/aromatic N) is 1. The molecule has 0 N–H and O–H groups in total. The highest BCUT2D eigenvalue weighted by Crippen LogP contribution is 2.24. The molecule has 0 aliphatic carbocycles. The van der Waals surface area contributed by atoms with Gasteiger partial charge >= 0.3 is 5.97 Å². The predicted octanol–water partition coefficient (Wildman–Crippen LogP) is 2.79. The van der Waals surface area contributed by atoms with Crippen molar-refractivity contribution in [2.75, 3.05) is 13.7 Å². The van der Waals surface area contributed by atoms with Gasteiger partial charge in [0.2, 0.25) is 0 Å². The topological polar surface area (TPSA) is 78.7 Å². The number of carbonyl (C=O) groups is 1. The Morgan fingerprint density at radius 3 is 2.70 bits per heavy atom. The lowest BCUT2D eigenvalue weighted by Gasteiger charge is -2.08. The Morgan fingerprint density at radius 2 is 2.15 bits per heavy atom. The zero-order valence-corrected chi connectivity index (χ0v) is 11.7. The van der Waals surface area contributed by atoms with Crippen LogP contribution in [0.15, 0.2) is 29.8 Å². The van der Waals surface area contributed by atoms with E-state index in [1.165, 1.54) is 19.2 Å². The van der Waals surface area contributed by atoms with Crippen LogP contribution in [0.2, 0.25) is 0 Å². The molecule has 0 unspecified atom stereocenters. The molecule has 20 heavy (non-hydrogen) atoms. The molecule has 0 atom stereocenters. The fourth-order valence-electron chi connectivity index (χ4n) is 1.59. The van der Waals surface area contributed by atoms with Crippen LogP contribution in [-0.2, 0) is 9.53 Å². The first kappa shape index (κ1) is 15.7. The highest BCUT2D eigenvalue weighted by atomic mass is 16.6. The minimum atomic E-state index is -0.478. The third kappa shape index (κ3) is 4.08. The predicted molar refractivity (Wildman–Crippen MR) is 73.7 cm³/mol. The van der Waals surface area contributed by atoms with Crippen molar-refractivity contribution in [2.45, 2.75) is 20.3 Å². The Bertz CT molecular complexity index is 536. The summed E-state index contributed by atoms with van der Waals surface area (Å²) in [6, 6.07) is 4.41. The van der Waals surface area contributed by atoms with Gasteiger partial charge in [0, 0.05) is 11.6 Å². The van der Waals surface area contributed by atoms with Gasteiger partial charge in [0.05, 0.1) is 18.1 Å². The molecule has 0 aromatic heterocycles. The largest absolute Gasteiger partial charge is 0.489 e. The van der Waals surface area contributed by atoms with Crippen LogP contribution in [0, 0.1) is 17.0 Å². The summed E-state index contributed by atoms with van der Waals surface area (Å²) in [5.41, 5.74) is 1.27. The lowest BCUT2D eigenvalue weighted by atomic mass is 10.2. The second kappa shape index (κ2) is 7.28. The van der Waals surface area contributed by atoms with E-state index in [1.54, 1.807) is 19.1 Å². The summed E-state index contributed by atoms with van der Waals surface area (Å²) < 4.78 is 10.1. The molecule has 1 aromatic rings. The molecule has 6 heteroatoms. The number of methoxy groups -OCH3 is 1. The van der Waals surface area contributed by atoms with Crippen molar-refractivity contribution < 1.29 is 19.2 Å². The fraction of sp³-hybridized carbons (Fsp3) is 0.357. The highest BCUT2D eigenvalue weighted by molar-refractivity contribution is 5.88. The average molecular weight is 279 g/mol. The number of nitro groups is 1. The van der Waals surface area contributed by atoms with Gasteiger partial charge in [0.25, 0.3) is 5.69 Å². The van der Waals surface area contributed by atoms with Crippen LogP contribution < -0.4 is 4.74 Å². The van der Waals surface area contributed by atoms with E-state index in [0.717, 1.165) is 5.56 Å². The highest BCUT2D eigenvalue weighted by Gasteiger charge is 2.10. The van der Waals surface area contributed by atoms with Crippen LogP contribution in [0.25, 0.3) is 0 Å². The third-order valence-electron chi connectivity index (χ3n) is 2.78. The van der Waals surface area contributed by atoms with Gasteiger partial charge in [-0.1, -0.05) is 6.92 Å². The van der Waals surface area contributed by atoms with Gasteiger partial charge in [-0.05, 0) is 31.1 Å². The zero-order valence-electron chi connectivity index (χ0n) is 11.7. The van der Waals surface area contributed by atoms with Crippen LogP contribution in [0.1, 0.15) is 18.9 Å². The van der Waals surface area contributed by atoms with Gasteiger partial charge in [-0.2, -0.15) is 0 Å². The molecule has 0 saturated heterocycles. The molecule has 0 heterocycles. The molecule has 0 amide bonds. The number of hydrogen-bond donors (Lipinski definition) is 0. The lowest BCUT2D eigenvalue weighted by Crippen LogP contribution is -2.06. The van der Waals surface area contributed by atoms with E-state index in [4.69, 9.17) is 4.74 Å². The van der Waals surface area contributed by atoms with E-state index < -0.39 is 10.9 Å².